The minimum absolute atomic E-state index is 0. The number of rotatable bonds is 8. The fraction of sp³-hybridized carbons (Fsp3) is 0.364. The second-order valence-electron chi connectivity index (χ2n) is 7.08. The van der Waals surface area contributed by atoms with E-state index < -0.39 is 0 Å². The van der Waals surface area contributed by atoms with Crippen molar-refractivity contribution in [3.63, 3.8) is 0 Å². The first-order valence-electron chi connectivity index (χ1n) is 9.80. The Morgan fingerprint density at radius 1 is 1.20 bits per heavy atom. The van der Waals surface area contributed by atoms with Crippen LogP contribution in [-0.2, 0) is 6.54 Å². The number of nitrogens with one attached hydrogen (secondary N) is 2. The molecule has 0 aliphatic carbocycles. The van der Waals surface area contributed by atoms with E-state index in [4.69, 9.17) is 4.42 Å². The third-order valence-electron chi connectivity index (χ3n) is 4.55. The highest BCUT2D eigenvalue weighted by Crippen LogP contribution is 2.22. The van der Waals surface area contributed by atoms with Crippen molar-refractivity contribution in [1.82, 2.24) is 20.5 Å². The Balaban J connectivity index is 0.00000320. The Morgan fingerprint density at radius 2 is 1.97 bits per heavy atom. The third-order valence-corrected chi connectivity index (χ3v) is 5.53. The normalized spacial score (nSPS) is 12.5. The lowest BCUT2D eigenvalue weighted by atomic mass is 10.1. The number of guanidine groups is 1. The quantitative estimate of drug-likeness (QED) is 0.247. The van der Waals surface area contributed by atoms with Gasteiger partial charge in [-0.15, -0.1) is 35.3 Å². The lowest BCUT2D eigenvalue weighted by Crippen LogP contribution is -2.41. The fourth-order valence-electron chi connectivity index (χ4n) is 2.92. The number of aliphatic imine (C=N–C) groups is 1. The zero-order valence-electron chi connectivity index (χ0n) is 17.9. The Bertz CT molecular complexity index is 906. The van der Waals surface area contributed by atoms with E-state index in [1.54, 1.807) is 17.6 Å². The maximum absolute atomic E-state index is 5.63. The largest absolute Gasteiger partial charge is 0.444 e. The summed E-state index contributed by atoms with van der Waals surface area (Å²) in [6.07, 6.45) is 1.68. The van der Waals surface area contributed by atoms with Crippen molar-refractivity contribution >= 4 is 41.3 Å². The van der Waals surface area contributed by atoms with Gasteiger partial charge in [0.25, 0.3) is 0 Å². The number of oxazole rings is 1. The molecule has 30 heavy (non-hydrogen) atoms. The van der Waals surface area contributed by atoms with E-state index in [-0.39, 0.29) is 24.0 Å². The first-order valence-corrected chi connectivity index (χ1v) is 10.7. The molecule has 1 unspecified atom stereocenters. The predicted molar refractivity (Wildman–Crippen MR) is 136 cm³/mol. The fourth-order valence-corrected chi connectivity index (χ4v) is 3.84. The van der Waals surface area contributed by atoms with Crippen LogP contribution in [0.1, 0.15) is 29.1 Å². The van der Waals surface area contributed by atoms with Gasteiger partial charge in [0.15, 0.2) is 5.96 Å². The molecule has 0 radical (unpaired) electrons. The first-order chi connectivity index (χ1) is 14.1. The van der Waals surface area contributed by atoms with Crippen molar-refractivity contribution in [2.45, 2.75) is 26.4 Å². The van der Waals surface area contributed by atoms with E-state index in [2.05, 4.69) is 83.1 Å². The number of aromatic nitrogens is 1. The molecule has 0 bridgehead atoms. The van der Waals surface area contributed by atoms with Crippen LogP contribution in [0.4, 0.5) is 0 Å². The molecule has 1 atom stereocenters. The summed E-state index contributed by atoms with van der Waals surface area (Å²) in [5.41, 5.74) is 2.99. The summed E-state index contributed by atoms with van der Waals surface area (Å²) in [7, 11) is 4.19. The number of likely N-dealkylation sites (N-methyl/N-ethyl adjacent to an activating group) is 1. The van der Waals surface area contributed by atoms with Crippen LogP contribution < -0.4 is 10.6 Å². The van der Waals surface area contributed by atoms with E-state index in [1.807, 2.05) is 12.1 Å². The van der Waals surface area contributed by atoms with Gasteiger partial charge in [0, 0.05) is 23.5 Å². The molecule has 0 fully saturated rings. The summed E-state index contributed by atoms with van der Waals surface area (Å²) in [6.45, 7) is 6.15. The zero-order valence-corrected chi connectivity index (χ0v) is 21.0. The summed E-state index contributed by atoms with van der Waals surface area (Å²) in [5, 5.41) is 8.87. The van der Waals surface area contributed by atoms with Crippen LogP contribution in [0, 0.1) is 6.92 Å². The van der Waals surface area contributed by atoms with Crippen LogP contribution in [0.3, 0.4) is 0 Å². The highest BCUT2D eigenvalue weighted by molar-refractivity contribution is 14.0. The van der Waals surface area contributed by atoms with Crippen molar-refractivity contribution < 1.29 is 4.42 Å². The van der Waals surface area contributed by atoms with Crippen LogP contribution in [0.2, 0.25) is 0 Å². The molecule has 2 heterocycles. The van der Waals surface area contributed by atoms with Crippen LogP contribution in [0.15, 0.2) is 57.5 Å². The SMILES string of the molecule is CCNC(=NCc1coc(-c2ccc(C)cc2)n1)NCC(c1cccs1)N(C)C.I. The second kappa shape index (κ2) is 12.1. The number of nitrogens with zero attached hydrogens (tertiary/aromatic N) is 3. The molecule has 3 rings (SSSR count). The average Bonchev–Trinajstić information content (AvgIpc) is 3.39. The predicted octanol–water partition coefficient (Wildman–Crippen LogP) is 4.69. The summed E-state index contributed by atoms with van der Waals surface area (Å²) >= 11 is 1.77. The molecule has 6 nitrogen and oxygen atoms in total. The van der Waals surface area contributed by atoms with Gasteiger partial charge in [0.2, 0.25) is 5.89 Å². The molecule has 0 amide bonds. The second-order valence-corrected chi connectivity index (χ2v) is 8.06. The van der Waals surface area contributed by atoms with Gasteiger partial charge in [-0.05, 0) is 51.5 Å². The van der Waals surface area contributed by atoms with Crippen molar-refractivity contribution in [1.29, 1.82) is 0 Å². The standard InChI is InChI=1S/C22H29N5OS.HI/c1-5-23-22(25-14-19(27(3)4)20-7-6-12-29-20)24-13-18-15-28-21(26-18)17-10-8-16(2)9-11-17;/h6-12,15,19H,5,13-14H2,1-4H3,(H2,23,24,25);1H. The molecule has 162 valence electrons. The van der Waals surface area contributed by atoms with E-state index in [9.17, 15) is 0 Å². The molecule has 8 heteroatoms. The number of hydrogen-bond donors (Lipinski definition) is 2. The smallest absolute Gasteiger partial charge is 0.226 e. The Kier molecular flexibility index (Phi) is 9.80. The molecule has 0 saturated carbocycles. The molecule has 0 aliphatic heterocycles. The van der Waals surface area contributed by atoms with Crippen LogP contribution in [0.5, 0.6) is 0 Å². The van der Waals surface area contributed by atoms with Crippen molar-refractivity contribution in [3.05, 3.63) is 64.2 Å². The van der Waals surface area contributed by atoms with Crippen LogP contribution in [0.25, 0.3) is 11.5 Å². The molecule has 2 N–H and O–H groups in total. The number of halogens is 1. The monoisotopic (exact) mass is 539 g/mol. The Morgan fingerprint density at radius 3 is 2.60 bits per heavy atom. The maximum Gasteiger partial charge on any atom is 0.226 e. The van der Waals surface area contributed by atoms with E-state index in [0.29, 0.717) is 18.5 Å². The maximum atomic E-state index is 5.63. The van der Waals surface area contributed by atoms with Gasteiger partial charge < -0.3 is 20.0 Å². The first kappa shape index (κ1) is 24.4. The van der Waals surface area contributed by atoms with Crippen molar-refractivity contribution in [3.8, 4) is 11.5 Å². The molecule has 0 saturated heterocycles. The number of benzene rings is 1. The summed E-state index contributed by atoms with van der Waals surface area (Å²) in [4.78, 5) is 12.8. The number of aryl methyl sites for hydroxylation is 1. The lowest BCUT2D eigenvalue weighted by molar-refractivity contribution is 0.302. The van der Waals surface area contributed by atoms with Gasteiger partial charge in [0.05, 0.1) is 12.6 Å². The highest BCUT2D eigenvalue weighted by Gasteiger charge is 2.15. The molecule has 2 aromatic heterocycles. The minimum atomic E-state index is 0. The van der Waals surface area contributed by atoms with Crippen molar-refractivity contribution in [2.24, 2.45) is 4.99 Å². The van der Waals surface area contributed by atoms with Gasteiger partial charge in [0.1, 0.15) is 12.0 Å². The zero-order chi connectivity index (χ0) is 20.6. The number of thiophene rings is 1. The molecule has 3 aromatic rings. The van der Waals surface area contributed by atoms with Gasteiger partial charge >= 0.3 is 0 Å². The molecular weight excluding hydrogens is 509 g/mol. The lowest BCUT2D eigenvalue weighted by Gasteiger charge is -2.24. The van der Waals surface area contributed by atoms with E-state index >= 15 is 0 Å². The minimum Gasteiger partial charge on any atom is -0.444 e. The van der Waals surface area contributed by atoms with E-state index in [1.165, 1.54) is 10.4 Å². The summed E-state index contributed by atoms with van der Waals surface area (Å²) in [5.74, 6) is 1.40. The number of hydrogen-bond acceptors (Lipinski definition) is 5. The van der Waals surface area contributed by atoms with Gasteiger partial charge in [-0.1, -0.05) is 23.8 Å². The molecule has 1 aromatic carbocycles. The Labute approximate surface area is 199 Å². The molecule has 0 spiro atoms. The third kappa shape index (κ3) is 6.82. The topological polar surface area (TPSA) is 65.7 Å². The van der Waals surface area contributed by atoms with E-state index in [0.717, 1.165) is 30.3 Å². The highest BCUT2D eigenvalue weighted by atomic mass is 127. The summed E-state index contributed by atoms with van der Waals surface area (Å²) in [6, 6.07) is 12.7. The molecular formula is C22H30IN5OS. The van der Waals surface area contributed by atoms with Gasteiger partial charge in [-0.25, -0.2) is 9.98 Å². The van der Waals surface area contributed by atoms with Crippen LogP contribution >= 0.6 is 35.3 Å². The van der Waals surface area contributed by atoms with Gasteiger partial charge in [-0.2, -0.15) is 0 Å². The summed E-state index contributed by atoms with van der Waals surface area (Å²) < 4.78 is 5.63. The van der Waals surface area contributed by atoms with Gasteiger partial charge in [-0.3, -0.25) is 0 Å². The Hall–Kier alpha value is -1.91. The average molecular weight is 539 g/mol. The van der Waals surface area contributed by atoms with Crippen LogP contribution in [-0.4, -0.2) is 43.0 Å². The van der Waals surface area contributed by atoms with Crippen molar-refractivity contribution in [2.75, 3.05) is 27.2 Å². The molecule has 0 aliphatic rings.